The Labute approximate surface area is 137 Å². The number of hydrogen-bond donors (Lipinski definition) is 1. The Morgan fingerprint density at radius 1 is 1.52 bits per heavy atom. The fourth-order valence-corrected chi connectivity index (χ4v) is 4.02. The van der Waals surface area contributed by atoms with Gasteiger partial charge < -0.3 is 15.5 Å². The molecule has 0 saturated carbocycles. The largest absolute Gasteiger partial charge is 0.338 e. The topological polar surface area (TPSA) is 66.6 Å². The number of nitrogens with zero attached hydrogens (tertiary/aromatic N) is 2. The first-order valence-electron chi connectivity index (χ1n) is 6.92. The zero-order chi connectivity index (χ0) is 15.6. The number of nitrogens with two attached hydrogens (primary N) is 1. The molecule has 1 aromatic heterocycles. The molecule has 1 aliphatic rings. The van der Waals surface area contributed by atoms with Crippen molar-refractivity contribution in [2.45, 2.75) is 19.4 Å². The van der Waals surface area contributed by atoms with Gasteiger partial charge in [0.1, 0.15) is 0 Å². The molecule has 2 N–H and O–H groups in total. The second-order valence-electron chi connectivity index (χ2n) is 5.50. The highest BCUT2D eigenvalue weighted by Gasteiger charge is 2.32. The Balaban J connectivity index is 1.94. The van der Waals surface area contributed by atoms with Gasteiger partial charge in [-0.3, -0.25) is 9.59 Å². The Morgan fingerprint density at radius 3 is 2.76 bits per heavy atom. The molecular formula is C14H20BrN3O2S. The zero-order valence-corrected chi connectivity index (χ0v) is 14.6. The Kier molecular flexibility index (Phi) is 5.40. The fourth-order valence-electron chi connectivity index (χ4n) is 2.64. The first-order chi connectivity index (χ1) is 9.92. The van der Waals surface area contributed by atoms with Gasteiger partial charge in [0.2, 0.25) is 5.91 Å². The number of likely N-dealkylation sites (N-methyl/N-ethyl adjacent to an activating group) is 1. The van der Waals surface area contributed by atoms with Crippen molar-refractivity contribution in [3.8, 4) is 0 Å². The van der Waals surface area contributed by atoms with Crippen LogP contribution in [0.25, 0.3) is 0 Å². The van der Waals surface area contributed by atoms with Crippen LogP contribution in [0.5, 0.6) is 0 Å². The maximum atomic E-state index is 12.4. The number of likely N-dealkylation sites (tertiary alicyclic amines) is 1. The number of carbonyl (C=O) groups excluding carboxylic acids is 2. The first-order valence-corrected chi connectivity index (χ1v) is 8.53. The lowest BCUT2D eigenvalue weighted by atomic mass is 10.1. The van der Waals surface area contributed by atoms with Gasteiger partial charge in [-0.25, -0.2) is 0 Å². The molecule has 0 spiro atoms. The van der Waals surface area contributed by atoms with Crippen LogP contribution < -0.4 is 5.73 Å². The van der Waals surface area contributed by atoms with Crippen molar-refractivity contribution in [3.63, 3.8) is 0 Å². The molecule has 2 amide bonds. The van der Waals surface area contributed by atoms with E-state index in [0.717, 1.165) is 10.2 Å². The molecule has 2 atom stereocenters. The number of rotatable bonds is 4. The van der Waals surface area contributed by atoms with Crippen LogP contribution in [0.4, 0.5) is 0 Å². The summed E-state index contributed by atoms with van der Waals surface area (Å²) in [6, 6.07) is 3.80. The monoisotopic (exact) mass is 373 g/mol. The maximum absolute atomic E-state index is 12.4. The van der Waals surface area contributed by atoms with E-state index < -0.39 is 0 Å². The summed E-state index contributed by atoms with van der Waals surface area (Å²) in [5.41, 5.74) is 5.68. The molecule has 0 aromatic carbocycles. The highest BCUT2D eigenvalue weighted by molar-refractivity contribution is 9.11. The Morgan fingerprint density at radius 2 is 2.24 bits per heavy atom. The predicted octanol–water partition coefficient (Wildman–Crippen LogP) is 1.78. The third-order valence-electron chi connectivity index (χ3n) is 3.82. The quantitative estimate of drug-likeness (QED) is 0.874. The molecule has 7 heteroatoms. The van der Waals surface area contributed by atoms with E-state index in [1.807, 2.05) is 17.9 Å². The SMILES string of the molecule is CC1CC(CN)CN1C(=O)CN(C)C(=O)c1ccc(Br)s1. The summed E-state index contributed by atoms with van der Waals surface area (Å²) >= 11 is 4.71. The van der Waals surface area contributed by atoms with Crippen molar-refractivity contribution < 1.29 is 9.59 Å². The number of amides is 2. The third kappa shape index (κ3) is 3.84. The van der Waals surface area contributed by atoms with Gasteiger partial charge in [-0.2, -0.15) is 0 Å². The molecule has 0 aliphatic carbocycles. The predicted molar refractivity (Wildman–Crippen MR) is 87.3 cm³/mol. The van der Waals surface area contributed by atoms with Gasteiger partial charge in [-0.05, 0) is 53.9 Å². The van der Waals surface area contributed by atoms with Crippen molar-refractivity contribution in [1.29, 1.82) is 0 Å². The van der Waals surface area contributed by atoms with E-state index in [2.05, 4.69) is 15.9 Å². The Bertz CT molecular complexity index is 534. The van der Waals surface area contributed by atoms with Gasteiger partial charge in [-0.1, -0.05) is 0 Å². The van der Waals surface area contributed by atoms with Crippen LogP contribution in [-0.2, 0) is 4.79 Å². The molecule has 1 saturated heterocycles. The molecule has 0 bridgehead atoms. The van der Waals surface area contributed by atoms with Crippen molar-refractivity contribution >= 4 is 39.1 Å². The summed E-state index contributed by atoms with van der Waals surface area (Å²) in [6.45, 7) is 3.44. The number of carbonyl (C=O) groups is 2. The first kappa shape index (κ1) is 16.5. The van der Waals surface area contributed by atoms with E-state index in [0.29, 0.717) is 23.9 Å². The smallest absolute Gasteiger partial charge is 0.264 e. The van der Waals surface area contributed by atoms with E-state index in [9.17, 15) is 9.59 Å². The van der Waals surface area contributed by atoms with E-state index in [4.69, 9.17) is 5.73 Å². The number of halogens is 1. The summed E-state index contributed by atoms with van der Waals surface area (Å²) in [4.78, 5) is 28.5. The van der Waals surface area contributed by atoms with E-state index in [1.165, 1.54) is 16.2 Å². The Hall–Kier alpha value is -0.920. The minimum absolute atomic E-state index is 0.00933. The normalized spacial score (nSPS) is 21.6. The molecular weight excluding hydrogens is 354 g/mol. The maximum Gasteiger partial charge on any atom is 0.264 e. The minimum atomic E-state index is -0.124. The summed E-state index contributed by atoms with van der Waals surface area (Å²) in [5, 5.41) is 0. The van der Waals surface area contributed by atoms with Gasteiger partial charge in [0.15, 0.2) is 0 Å². The van der Waals surface area contributed by atoms with Crippen LogP contribution >= 0.6 is 27.3 Å². The lowest BCUT2D eigenvalue weighted by Gasteiger charge is -2.24. The lowest BCUT2D eigenvalue weighted by molar-refractivity contribution is -0.132. The molecule has 116 valence electrons. The van der Waals surface area contributed by atoms with Gasteiger partial charge in [0.05, 0.1) is 15.2 Å². The summed E-state index contributed by atoms with van der Waals surface area (Å²) in [6.07, 6.45) is 0.942. The zero-order valence-electron chi connectivity index (χ0n) is 12.2. The molecule has 0 radical (unpaired) electrons. The molecule has 2 heterocycles. The number of hydrogen-bond acceptors (Lipinski definition) is 4. The van der Waals surface area contributed by atoms with Crippen LogP contribution in [0.3, 0.4) is 0 Å². The second-order valence-corrected chi connectivity index (χ2v) is 7.96. The number of thiophene rings is 1. The second kappa shape index (κ2) is 6.89. The average molecular weight is 374 g/mol. The van der Waals surface area contributed by atoms with E-state index in [-0.39, 0.29) is 24.4 Å². The van der Waals surface area contributed by atoms with Gasteiger partial charge >= 0.3 is 0 Å². The molecule has 1 aliphatic heterocycles. The van der Waals surface area contributed by atoms with E-state index >= 15 is 0 Å². The summed E-state index contributed by atoms with van der Waals surface area (Å²) in [5.74, 6) is 0.240. The molecule has 2 unspecified atom stereocenters. The average Bonchev–Trinajstić information content (AvgIpc) is 3.03. The van der Waals surface area contributed by atoms with Crippen LogP contribution in [0, 0.1) is 5.92 Å². The molecule has 21 heavy (non-hydrogen) atoms. The van der Waals surface area contributed by atoms with Crippen LogP contribution in [0.1, 0.15) is 23.0 Å². The van der Waals surface area contributed by atoms with Crippen molar-refractivity contribution in [1.82, 2.24) is 9.80 Å². The van der Waals surface area contributed by atoms with Crippen LogP contribution in [0.15, 0.2) is 15.9 Å². The lowest BCUT2D eigenvalue weighted by Crippen LogP contribution is -2.42. The third-order valence-corrected chi connectivity index (χ3v) is 5.43. The van der Waals surface area contributed by atoms with Gasteiger partial charge in [-0.15, -0.1) is 11.3 Å². The van der Waals surface area contributed by atoms with Gasteiger partial charge in [0, 0.05) is 19.6 Å². The van der Waals surface area contributed by atoms with E-state index in [1.54, 1.807) is 13.1 Å². The molecule has 5 nitrogen and oxygen atoms in total. The summed E-state index contributed by atoms with van der Waals surface area (Å²) < 4.78 is 0.907. The van der Waals surface area contributed by atoms with Crippen LogP contribution in [-0.4, -0.2) is 54.3 Å². The van der Waals surface area contributed by atoms with Crippen molar-refractivity contribution in [3.05, 3.63) is 20.8 Å². The molecule has 1 fully saturated rings. The van der Waals surface area contributed by atoms with Crippen molar-refractivity contribution in [2.24, 2.45) is 11.7 Å². The molecule has 1 aromatic rings. The standard InChI is InChI=1S/C14H20BrN3O2S/c1-9-5-10(6-16)7-18(9)13(19)8-17(2)14(20)11-3-4-12(15)21-11/h3-4,9-10H,5-8,16H2,1-2H3. The fraction of sp³-hybridized carbons (Fsp3) is 0.571. The highest BCUT2D eigenvalue weighted by atomic mass is 79.9. The molecule has 2 rings (SSSR count). The minimum Gasteiger partial charge on any atom is -0.338 e. The summed E-state index contributed by atoms with van der Waals surface area (Å²) in [7, 11) is 1.66. The van der Waals surface area contributed by atoms with Gasteiger partial charge in [0.25, 0.3) is 5.91 Å². The van der Waals surface area contributed by atoms with Crippen LogP contribution in [0.2, 0.25) is 0 Å². The highest BCUT2D eigenvalue weighted by Crippen LogP contribution is 2.24. The van der Waals surface area contributed by atoms with Crippen molar-refractivity contribution in [2.75, 3.05) is 26.7 Å².